The molecular formula is C21H26N6O2. The number of fused-ring (bicyclic) bond motifs is 1. The number of rotatable bonds is 3. The fraction of sp³-hybridized carbons (Fsp3) is 0.429. The minimum absolute atomic E-state index is 0.212. The van der Waals surface area contributed by atoms with E-state index in [9.17, 15) is 9.90 Å². The minimum Gasteiger partial charge on any atom is -0.390 e. The van der Waals surface area contributed by atoms with Crippen LogP contribution in [0.4, 0.5) is 10.6 Å². The first kappa shape index (κ1) is 19.3. The van der Waals surface area contributed by atoms with Gasteiger partial charge in [0.15, 0.2) is 5.82 Å². The van der Waals surface area contributed by atoms with Crippen molar-refractivity contribution in [1.29, 1.82) is 0 Å². The molecule has 29 heavy (non-hydrogen) atoms. The maximum atomic E-state index is 12.6. The van der Waals surface area contributed by atoms with Gasteiger partial charge in [-0.1, -0.05) is 19.1 Å². The van der Waals surface area contributed by atoms with Gasteiger partial charge < -0.3 is 10.0 Å². The molecule has 8 heteroatoms. The van der Waals surface area contributed by atoms with E-state index >= 15 is 0 Å². The van der Waals surface area contributed by atoms with Gasteiger partial charge in [-0.05, 0) is 31.7 Å². The Morgan fingerprint density at radius 1 is 1.24 bits per heavy atom. The summed E-state index contributed by atoms with van der Waals surface area (Å²) in [6.07, 6.45) is 7.30. The summed E-state index contributed by atoms with van der Waals surface area (Å²) in [6.45, 7) is 4.92. The monoisotopic (exact) mass is 394 g/mol. The highest BCUT2D eigenvalue weighted by Crippen LogP contribution is 2.29. The van der Waals surface area contributed by atoms with Gasteiger partial charge in [0, 0.05) is 37.5 Å². The van der Waals surface area contributed by atoms with Crippen LogP contribution in [-0.2, 0) is 13.5 Å². The van der Waals surface area contributed by atoms with E-state index in [4.69, 9.17) is 4.98 Å². The summed E-state index contributed by atoms with van der Waals surface area (Å²) in [5.41, 5.74) is 3.90. The summed E-state index contributed by atoms with van der Waals surface area (Å²) in [6, 6.07) is 3.89. The zero-order valence-corrected chi connectivity index (χ0v) is 17.0. The third kappa shape index (κ3) is 3.93. The number of amides is 2. The smallest absolute Gasteiger partial charge is 0.323 e. The lowest BCUT2D eigenvalue weighted by molar-refractivity contribution is 0.00569. The van der Waals surface area contributed by atoms with Crippen molar-refractivity contribution in [2.24, 2.45) is 7.05 Å². The number of nitrogens with zero attached hydrogens (tertiary/aromatic N) is 5. The van der Waals surface area contributed by atoms with Crippen LogP contribution < -0.4 is 5.32 Å². The second-order valence-corrected chi connectivity index (χ2v) is 7.90. The number of aryl methyl sites for hydroxylation is 2. The second kappa shape index (κ2) is 7.44. The molecule has 0 spiro atoms. The maximum absolute atomic E-state index is 12.6. The number of hydrogen-bond donors (Lipinski definition) is 2. The topological polar surface area (TPSA) is 96.2 Å². The lowest BCUT2D eigenvalue weighted by Gasteiger charge is -2.35. The number of likely N-dealkylation sites (tertiary alicyclic amines) is 1. The summed E-state index contributed by atoms with van der Waals surface area (Å²) in [4.78, 5) is 23.6. The zero-order valence-electron chi connectivity index (χ0n) is 17.0. The fourth-order valence-corrected chi connectivity index (χ4v) is 3.67. The van der Waals surface area contributed by atoms with E-state index in [1.165, 1.54) is 0 Å². The van der Waals surface area contributed by atoms with Crippen molar-refractivity contribution in [1.82, 2.24) is 24.6 Å². The van der Waals surface area contributed by atoms with Gasteiger partial charge in [-0.25, -0.2) is 9.78 Å². The van der Waals surface area contributed by atoms with Gasteiger partial charge in [0.05, 0.1) is 29.0 Å². The number of anilines is 1. The van der Waals surface area contributed by atoms with E-state index < -0.39 is 5.60 Å². The molecule has 8 nitrogen and oxygen atoms in total. The van der Waals surface area contributed by atoms with E-state index in [1.807, 2.05) is 32.4 Å². The molecule has 1 aliphatic rings. The van der Waals surface area contributed by atoms with Crippen molar-refractivity contribution >= 4 is 22.9 Å². The number of benzene rings is 1. The Morgan fingerprint density at radius 2 is 2.00 bits per heavy atom. The molecule has 1 saturated heterocycles. The van der Waals surface area contributed by atoms with Crippen LogP contribution >= 0.6 is 0 Å². The van der Waals surface area contributed by atoms with Crippen LogP contribution in [-0.4, -0.2) is 54.5 Å². The Balaban J connectivity index is 1.62. The van der Waals surface area contributed by atoms with Crippen molar-refractivity contribution in [2.45, 2.75) is 38.7 Å². The first-order valence-electron chi connectivity index (χ1n) is 9.92. The molecule has 2 aromatic heterocycles. The van der Waals surface area contributed by atoms with Crippen molar-refractivity contribution in [3.8, 4) is 11.1 Å². The Bertz CT molecular complexity index is 1050. The minimum atomic E-state index is -0.696. The van der Waals surface area contributed by atoms with E-state index in [-0.39, 0.29) is 6.03 Å². The zero-order chi connectivity index (χ0) is 20.6. The van der Waals surface area contributed by atoms with Gasteiger partial charge in [-0.3, -0.25) is 15.0 Å². The summed E-state index contributed by atoms with van der Waals surface area (Å²) in [5, 5.41) is 17.2. The quantitative estimate of drug-likeness (QED) is 0.712. The van der Waals surface area contributed by atoms with E-state index in [1.54, 1.807) is 15.8 Å². The van der Waals surface area contributed by atoms with Crippen LogP contribution in [0.1, 0.15) is 32.3 Å². The molecule has 1 aromatic carbocycles. The molecule has 4 rings (SSSR count). The van der Waals surface area contributed by atoms with Crippen molar-refractivity contribution in [3.05, 3.63) is 36.3 Å². The van der Waals surface area contributed by atoms with Crippen LogP contribution in [0.3, 0.4) is 0 Å². The lowest BCUT2D eigenvalue weighted by Crippen LogP contribution is -2.46. The average Bonchev–Trinajstić information content (AvgIpc) is 3.13. The van der Waals surface area contributed by atoms with Crippen LogP contribution in [0, 0.1) is 0 Å². The predicted octanol–water partition coefficient (Wildman–Crippen LogP) is 2.97. The summed E-state index contributed by atoms with van der Waals surface area (Å²) >= 11 is 0. The van der Waals surface area contributed by atoms with Gasteiger partial charge in [-0.2, -0.15) is 5.10 Å². The van der Waals surface area contributed by atoms with Gasteiger partial charge in [-0.15, -0.1) is 0 Å². The number of aliphatic hydroxyl groups is 1. The van der Waals surface area contributed by atoms with Crippen molar-refractivity contribution in [2.75, 3.05) is 18.4 Å². The van der Waals surface area contributed by atoms with E-state index in [2.05, 4.69) is 28.4 Å². The molecule has 152 valence electrons. The molecule has 1 fully saturated rings. The Kier molecular flexibility index (Phi) is 4.96. The van der Waals surface area contributed by atoms with Gasteiger partial charge >= 0.3 is 6.03 Å². The van der Waals surface area contributed by atoms with Crippen LogP contribution in [0.25, 0.3) is 22.2 Å². The Labute approximate surface area is 169 Å². The summed E-state index contributed by atoms with van der Waals surface area (Å²) in [5.74, 6) is 0.429. The maximum Gasteiger partial charge on any atom is 0.323 e. The molecule has 3 aromatic rings. The summed E-state index contributed by atoms with van der Waals surface area (Å²) in [7, 11) is 1.88. The number of urea groups is 1. The standard InChI is InChI=1S/C21H26N6O2/c1-4-14-5-6-16(15-11-23-26(3)13-15)19-18(14)24-17(12-22-19)25-20(28)27-9-7-21(2,29)8-10-27/h5-6,11-13,29H,4,7-10H2,1-3H3,(H,24,25,28). The van der Waals surface area contributed by atoms with Crippen molar-refractivity contribution < 1.29 is 9.90 Å². The normalized spacial score (nSPS) is 16.2. The van der Waals surface area contributed by atoms with Crippen LogP contribution in [0.5, 0.6) is 0 Å². The third-order valence-corrected chi connectivity index (χ3v) is 5.54. The SMILES string of the molecule is CCc1ccc(-c2cnn(C)c2)c2ncc(NC(=O)N3CCC(C)(O)CC3)nc12. The number of carbonyl (C=O) groups excluding carboxylic acids is 1. The first-order chi connectivity index (χ1) is 13.9. The molecule has 0 bridgehead atoms. The molecule has 0 radical (unpaired) electrons. The highest BCUT2D eigenvalue weighted by atomic mass is 16.3. The average molecular weight is 394 g/mol. The third-order valence-electron chi connectivity index (χ3n) is 5.54. The Morgan fingerprint density at radius 3 is 2.66 bits per heavy atom. The Hall–Kier alpha value is -3.00. The largest absolute Gasteiger partial charge is 0.390 e. The predicted molar refractivity (Wildman–Crippen MR) is 112 cm³/mol. The van der Waals surface area contributed by atoms with Gasteiger partial charge in [0.2, 0.25) is 0 Å². The first-order valence-corrected chi connectivity index (χ1v) is 9.92. The number of nitrogens with one attached hydrogen (secondary N) is 1. The second-order valence-electron chi connectivity index (χ2n) is 7.90. The highest BCUT2D eigenvalue weighted by Gasteiger charge is 2.29. The van der Waals surface area contributed by atoms with Crippen molar-refractivity contribution in [3.63, 3.8) is 0 Å². The molecule has 0 atom stereocenters. The fourth-order valence-electron chi connectivity index (χ4n) is 3.67. The van der Waals surface area contributed by atoms with Gasteiger partial charge in [0.1, 0.15) is 0 Å². The number of carbonyl (C=O) groups is 1. The molecular weight excluding hydrogens is 368 g/mol. The van der Waals surface area contributed by atoms with E-state index in [0.717, 1.165) is 34.1 Å². The van der Waals surface area contributed by atoms with E-state index in [0.29, 0.717) is 31.7 Å². The lowest BCUT2D eigenvalue weighted by atomic mass is 9.94. The molecule has 3 heterocycles. The summed E-state index contributed by atoms with van der Waals surface area (Å²) < 4.78 is 1.76. The number of aromatic nitrogens is 4. The molecule has 0 aliphatic carbocycles. The van der Waals surface area contributed by atoms with Crippen LogP contribution in [0.2, 0.25) is 0 Å². The van der Waals surface area contributed by atoms with Crippen LogP contribution in [0.15, 0.2) is 30.7 Å². The molecule has 0 saturated carbocycles. The number of hydrogen-bond acceptors (Lipinski definition) is 5. The molecule has 0 unspecified atom stereocenters. The molecule has 2 amide bonds. The number of piperidine rings is 1. The molecule has 1 aliphatic heterocycles. The highest BCUT2D eigenvalue weighted by molar-refractivity contribution is 5.95. The van der Waals surface area contributed by atoms with Gasteiger partial charge in [0.25, 0.3) is 0 Å². The molecule has 2 N–H and O–H groups in total.